The molecule has 172 valence electrons. The summed E-state index contributed by atoms with van der Waals surface area (Å²) in [5.74, 6) is 2.30. The zero-order valence-electron chi connectivity index (χ0n) is 20.1. The molecule has 5 nitrogen and oxygen atoms in total. The Morgan fingerprint density at radius 3 is 2.65 bits per heavy atom. The van der Waals surface area contributed by atoms with E-state index in [1.807, 2.05) is 20.8 Å². The van der Waals surface area contributed by atoms with E-state index < -0.39 is 5.60 Å². The number of ketones is 1. The third-order valence-electron chi connectivity index (χ3n) is 9.49. The number of allylic oxidation sites excluding steroid dienone is 2. The SMILES string of the molecule is CC.C[C@@]1(O)CC[C@]2(C)C3=CC[C@]4(C)[C@@H](C(=O)Cn5ccnn5)CC[C@H]4[C@@H]3CC[C@@H]2C1. The molecule has 1 N–H and O–H groups in total. The van der Waals surface area contributed by atoms with Gasteiger partial charge in [-0.15, -0.1) is 5.10 Å². The number of carbonyl (C=O) groups excluding carboxylic acids is 1. The number of fused-ring (bicyclic) bond motifs is 5. The number of nitrogens with zero attached hydrogens (tertiary/aromatic N) is 3. The van der Waals surface area contributed by atoms with Crippen molar-refractivity contribution in [1.82, 2.24) is 15.0 Å². The van der Waals surface area contributed by atoms with Crippen LogP contribution in [0.5, 0.6) is 0 Å². The second-order valence-corrected chi connectivity index (χ2v) is 11.2. The Bertz CT molecular complexity index is 830. The highest BCUT2D eigenvalue weighted by Crippen LogP contribution is 2.66. The third kappa shape index (κ3) is 3.71. The quantitative estimate of drug-likeness (QED) is 0.673. The molecule has 5 rings (SSSR count). The van der Waals surface area contributed by atoms with Crippen LogP contribution in [0.2, 0.25) is 0 Å². The van der Waals surface area contributed by atoms with Crippen molar-refractivity contribution in [1.29, 1.82) is 0 Å². The minimum Gasteiger partial charge on any atom is -0.390 e. The highest BCUT2D eigenvalue weighted by molar-refractivity contribution is 5.82. The normalized spacial score (nSPS) is 43.6. The minimum absolute atomic E-state index is 0.0786. The largest absolute Gasteiger partial charge is 0.390 e. The number of aliphatic hydroxyl groups is 1. The van der Waals surface area contributed by atoms with Gasteiger partial charge in [0.25, 0.3) is 0 Å². The first-order chi connectivity index (χ1) is 14.7. The smallest absolute Gasteiger partial charge is 0.157 e. The fraction of sp³-hybridized carbons (Fsp3) is 0.808. The highest BCUT2D eigenvalue weighted by Gasteiger charge is 2.59. The molecule has 0 amide bonds. The van der Waals surface area contributed by atoms with E-state index in [4.69, 9.17) is 0 Å². The molecule has 1 aromatic rings. The number of carbonyl (C=O) groups is 1. The van der Waals surface area contributed by atoms with Crippen LogP contribution in [0, 0.1) is 34.5 Å². The molecule has 31 heavy (non-hydrogen) atoms. The van der Waals surface area contributed by atoms with Crippen LogP contribution in [0.25, 0.3) is 0 Å². The van der Waals surface area contributed by atoms with Gasteiger partial charge in [0.15, 0.2) is 5.78 Å². The van der Waals surface area contributed by atoms with Gasteiger partial charge in [0.05, 0.1) is 11.8 Å². The van der Waals surface area contributed by atoms with E-state index in [9.17, 15) is 9.90 Å². The van der Waals surface area contributed by atoms with Crippen molar-refractivity contribution >= 4 is 5.78 Å². The first-order valence-corrected chi connectivity index (χ1v) is 12.5. The molecule has 0 saturated heterocycles. The van der Waals surface area contributed by atoms with Crippen molar-refractivity contribution in [2.75, 3.05) is 0 Å². The summed E-state index contributed by atoms with van der Waals surface area (Å²) in [6.07, 6.45) is 14.6. The summed E-state index contributed by atoms with van der Waals surface area (Å²) in [5, 5.41) is 18.5. The molecular formula is C26H41N3O2. The summed E-state index contributed by atoms with van der Waals surface area (Å²) in [6.45, 7) is 11.2. The molecule has 5 heteroatoms. The van der Waals surface area contributed by atoms with Gasteiger partial charge in [0, 0.05) is 12.1 Å². The lowest BCUT2D eigenvalue weighted by molar-refractivity contribution is -0.128. The Hall–Kier alpha value is -1.49. The van der Waals surface area contributed by atoms with Gasteiger partial charge in [-0.2, -0.15) is 0 Å². The molecule has 7 atom stereocenters. The maximum absolute atomic E-state index is 13.2. The second-order valence-electron chi connectivity index (χ2n) is 11.2. The highest BCUT2D eigenvalue weighted by atomic mass is 16.3. The van der Waals surface area contributed by atoms with Crippen molar-refractivity contribution in [2.45, 2.75) is 98.1 Å². The van der Waals surface area contributed by atoms with Gasteiger partial charge >= 0.3 is 0 Å². The Morgan fingerprint density at radius 2 is 1.94 bits per heavy atom. The van der Waals surface area contributed by atoms with Crippen LogP contribution in [0.4, 0.5) is 0 Å². The average molecular weight is 428 g/mol. The van der Waals surface area contributed by atoms with Crippen LogP contribution < -0.4 is 0 Å². The number of rotatable bonds is 3. The lowest BCUT2D eigenvalue weighted by Gasteiger charge is -2.58. The van der Waals surface area contributed by atoms with Crippen LogP contribution in [-0.4, -0.2) is 31.5 Å². The summed E-state index contributed by atoms with van der Waals surface area (Å²) in [5.41, 5.74) is 1.51. The molecule has 1 heterocycles. The van der Waals surface area contributed by atoms with Gasteiger partial charge in [-0.3, -0.25) is 4.79 Å². The molecular weight excluding hydrogens is 386 g/mol. The van der Waals surface area contributed by atoms with Gasteiger partial charge in [0.1, 0.15) is 6.54 Å². The van der Waals surface area contributed by atoms with Crippen LogP contribution in [-0.2, 0) is 11.3 Å². The van der Waals surface area contributed by atoms with E-state index in [0.717, 1.165) is 32.1 Å². The maximum atomic E-state index is 13.2. The zero-order chi connectivity index (χ0) is 22.4. The Labute approximate surface area is 187 Å². The van der Waals surface area contributed by atoms with Crippen molar-refractivity contribution in [3.05, 3.63) is 24.0 Å². The van der Waals surface area contributed by atoms with Gasteiger partial charge in [-0.1, -0.05) is 44.6 Å². The number of aromatic nitrogens is 3. The molecule has 1 aromatic heterocycles. The summed E-state index contributed by atoms with van der Waals surface area (Å²) in [6, 6.07) is 0. The molecule has 4 aliphatic rings. The van der Waals surface area contributed by atoms with Crippen molar-refractivity contribution in [3.63, 3.8) is 0 Å². The predicted octanol–water partition coefficient (Wildman–Crippen LogP) is 5.20. The fourth-order valence-electron chi connectivity index (χ4n) is 7.82. The average Bonchev–Trinajstić information content (AvgIpc) is 3.37. The van der Waals surface area contributed by atoms with Gasteiger partial charge in [-0.05, 0) is 86.9 Å². The van der Waals surface area contributed by atoms with Crippen LogP contribution in [0.15, 0.2) is 24.0 Å². The lowest BCUT2D eigenvalue weighted by Crippen LogP contribution is -2.51. The van der Waals surface area contributed by atoms with E-state index in [0.29, 0.717) is 30.1 Å². The maximum Gasteiger partial charge on any atom is 0.157 e. The molecule has 0 aliphatic heterocycles. The van der Waals surface area contributed by atoms with E-state index in [-0.39, 0.29) is 16.7 Å². The monoisotopic (exact) mass is 427 g/mol. The minimum atomic E-state index is -0.493. The Morgan fingerprint density at radius 1 is 1.16 bits per heavy atom. The topological polar surface area (TPSA) is 68.0 Å². The van der Waals surface area contributed by atoms with Gasteiger partial charge in [0.2, 0.25) is 0 Å². The molecule has 0 spiro atoms. The second kappa shape index (κ2) is 8.13. The molecule has 3 saturated carbocycles. The van der Waals surface area contributed by atoms with Crippen LogP contribution >= 0.6 is 0 Å². The lowest BCUT2D eigenvalue weighted by atomic mass is 9.47. The van der Waals surface area contributed by atoms with Crippen LogP contribution in [0.3, 0.4) is 0 Å². The number of hydrogen-bond acceptors (Lipinski definition) is 4. The molecule has 3 fully saturated rings. The zero-order valence-corrected chi connectivity index (χ0v) is 20.1. The third-order valence-corrected chi connectivity index (χ3v) is 9.49. The standard InChI is InChI=1S/C24H35N3O2.C2H6/c1-22(29)10-11-23(2)16(14-22)4-5-17-18-6-7-20(24(18,3)9-8-19(17)23)21(28)15-27-13-12-25-26-27;1-2/h8,12-13,16-18,20,29H,4-7,9-11,14-15H2,1-3H3;1-2H3/t16-,17+,18+,20-,22-,23+,24+;/m1./s1. The van der Waals surface area contributed by atoms with Gasteiger partial charge < -0.3 is 5.11 Å². The van der Waals surface area contributed by atoms with Crippen molar-refractivity contribution in [3.8, 4) is 0 Å². The Kier molecular flexibility index (Phi) is 5.95. The van der Waals surface area contributed by atoms with E-state index >= 15 is 0 Å². The molecule has 0 aromatic carbocycles. The predicted molar refractivity (Wildman–Crippen MR) is 122 cm³/mol. The summed E-state index contributed by atoms with van der Waals surface area (Å²) in [7, 11) is 0. The molecule has 0 radical (unpaired) electrons. The number of hydrogen-bond donors (Lipinski definition) is 1. The van der Waals surface area contributed by atoms with Gasteiger partial charge in [-0.25, -0.2) is 4.68 Å². The summed E-state index contributed by atoms with van der Waals surface area (Å²) in [4.78, 5) is 13.2. The van der Waals surface area contributed by atoms with Crippen molar-refractivity contribution < 1.29 is 9.90 Å². The molecule has 0 bridgehead atoms. The first kappa shape index (κ1) is 22.7. The first-order valence-electron chi connectivity index (χ1n) is 12.5. The van der Waals surface area contributed by atoms with E-state index in [2.05, 4.69) is 30.2 Å². The summed E-state index contributed by atoms with van der Waals surface area (Å²) < 4.78 is 1.67. The van der Waals surface area contributed by atoms with E-state index in [1.54, 1.807) is 22.6 Å². The molecule has 0 unspecified atom stereocenters. The van der Waals surface area contributed by atoms with E-state index in [1.165, 1.54) is 19.3 Å². The Balaban J connectivity index is 0.00000112. The van der Waals surface area contributed by atoms with Crippen LogP contribution in [0.1, 0.15) is 86.0 Å². The fourth-order valence-corrected chi connectivity index (χ4v) is 7.82. The number of Topliss-reactive ketones (excluding diaryl/α,β-unsaturated/α-hetero) is 1. The summed E-state index contributed by atoms with van der Waals surface area (Å²) >= 11 is 0. The molecule has 4 aliphatic carbocycles. The van der Waals surface area contributed by atoms with Crippen molar-refractivity contribution in [2.24, 2.45) is 34.5 Å².